The topological polar surface area (TPSA) is 64.7 Å². The number of allylic oxidation sites excluding steroid dienone is 2. The molecular weight excluding hydrogens is 420 g/mol. The van der Waals surface area contributed by atoms with Crippen LogP contribution in [0.1, 0.15) is 81.4 Å². The van der Waals surface area contributed by atoms with Crippen LogP contribution in [0.2, 0.25) is 0 Å². The van der Waals surface area contributed by atoms with E-state index in [9.17, 15) is 4.79 Å². The molecule has 0 aliphatic heterocycles. The van der Waals surface area contributed by atoms with Gasteiger partial charge >= 0.3 is 5.97 Å². The fourth-order valence-corrected chi connectivity index (χ4v) is 5.89. The number of fused-ring (bicyclic) bond motifs is 3. The highest BCUT2D eigenvalue weighted by Gasteiger charge is 2.41. The Labute approximate surface area is 203 Å². The molecule has 2 aliphatic rings. The number of nitrogens with two attached hydrogens (primary N) is 1. The summed E-state index contributed by atoms with van der Waals surface area (Å²) < 4.78 is 0. The maximum absolute atomic E-state index is 11.6. The number of carbonyl (C=O) groups is 1. The Bertz CT molecular complexity index is 1100. The summed E-state index contributed by atoms with van der Waals surface area (Å²) in [6.45, 7) is 9.52. The van der Waals surface area contributed by atoms with E-state index in [0.29, 0.717) is 0 Å². The SMILES string of the molecule is C=CCC1(CC=C)c2cc(N)ccc2-c2ccc(/C(CCC3CCCCC3)=N\OC(C)=O)cc21. The van der Waals surface area contributed by atoms with Crippen molar-refractivity contribution in [3.63, 3.8) is 0 Å². The summed E-state index contributed by atoms with van der Waals surface area (Å²) in [7, 11) is 0. The second kappa shape index (κ2) is 10.4. The van der Waals surface area contributed by atoms with Crippen LogP contribution in [0.25, 0.3) is 11.1 Å². The number of hydrogen-bond donors (Lipinski definition) is 1. The van der Waals surface area contributed by atoms with Gasteiger partial charge in [0.15, 0.2) is 0 Å². The van der Waals surface area contributed by atoms with E-state index in [-0.39, 0.29) is 5.41 Å². The minimum atomic E-state index is -0.396. The van der Waals surface area contributed by atoms with Crippen molar-refractivity contribution in [2.24, 2.45) is 11.1 Å². The molecule has 0 spiro atoms. The normalized spacial score (nSPS) is 17.0. The predicted molar refractivity (Wildman–Crippen MR) is 141 cm³/mol. The van der Waals surface area contributed by atoms with Crippen LogP contribution in [0.15, 0.2) is 66.9 Å². The number of nitrogens with zero attached hydrogens (tertiary/aromatic N) is 1. The van der Waals surface area contributed by atoms with Gasteiger partial charge in [0.05, 0.1) is 5.71 Å². The second-order valence-corrected chi connectivity index (χ2v) is 9.80. The second-order valence-electron chi connectivity index (χ2n) is 9.80. The lowest BCUT2D eigenvalue weighted by Crippen LogP contribution is -2.24. The highest BCUT2D eigenvalue weighted by molar-refractivity contribution is 6.02. The van der Waals surface area contributed by atoms with Gasteiger partial charge in [-0.3, -0.25) is 0 Å². The zero-order chi connectivity index (χ0) is 24.1. The average Bonchev–Trinajstić information content (AvgIpc) is 3.08. The Morgan fingerprint density at radius 3 is 2.35 bits per heavy atom. The molecule has 1 fully saturated rings. The lowest BCUT2D eigenvalue weighted by atomic mass is 9.72. The van der Waals surface area contributed by atoms with Crippen LogP contribution in [-0.4, -0.2) is 11.7 Å². The van der Waals surface area contributed by atoms with Crippen molar-refractivity contribution >= 4 is 17.4 Å². The zero-order valence-electron chi connectivity index (χ0n) is 20.3. The van der Waals surface area contributed by atoms with Gasteiger partial charge in [-0.1, -0.05) is 67.6 Å². The summed E-state index contributed by atoms with van der Waals surface area (Å²) >= 11 is 0. The first kappa shape index (κ1) is 24.0. The van der Waals surface area contributed by atoms with E-state index in [2.05, 4.69) is 48.6 Å². The summed E-state index contributed by atoms with van der Waals surface area (Å²) in [5, 5.41) is 4.31. The molecule has 0 bridgehead atoms. The Hall–Kier alpha value is -3.14. The van der Waals surface area contributed by atoms with Crippen LogP contribution in [0.3, 0.4) is 0 Å². The van der Waals surface area contributed by atoms with Gasteiger partial charge in [-0.25, -0.2) is 4.79 Å². The van der Waals surface area contributed by atoms with E-state index < -0.39 is 5.97 Å². The summed E-state index contributed by atoms with van der Waals surface area (Å²) in [5.74, 6) is 0.324. The van der Waals surface area contributed by atoms with Gasteiger partial charge in [0.2, 0.25) is 0 Å². The van der Waals surface area contributed by atoms with Gasteiger partial charge in [-0.15, -0.1) is 13.2 Å². The van der Waals surface area contributed by atoms with Crippen molar-refractivity contribution in [1.82, 2.24) is 0 Å². The maximum Gasteiger partial charge on any atom is 0.331 e. The fourth-order valence-electron chi connectivity index (χ4n) is 5.89. The molecule has 2 aromatic carbocycles. The van der Waals surface area contributed by atoms with Gasteiger partial charge in [0.1, 0.15) is 0 Å². The highest BCUT2D eigenvalue weighted by Crippen LogP contribution is 2.53. The van der Waals surface area contributed by atoms with E-state index in [4.69, 9.17) is 10.6 Å². The first-order chi connectivity index (χ1) is 16.5. The molecule has 2 aliphatic carbocycles. The molecule has 0 radical (unpaired) electrons. The Balaban J connectivity index is 1.76. The number of hydrogen-bond acceptors (Lipinski definition) is 4. The van der Waals surface area contributed by atoms with E-state index >= 15 is 0 Å². The van der Waals surface area contributed by atoms with Crippen molar-refractivity contribution in [1.29, 1.82) is 0 Å². The molecule has 4 heteroatoms. The van der Waals surface area contributed by atoms with E-state index in [0.717, 1.165) is 48.6 Å². The van der Waals surface area contributed by atoms with Crippen molar-refractivity contribution < 1.29 is 9.63 Å². The first-order valence-electron chi connectivity index (χ1n) is 12.5. The van der Waals surface area contributed by atoms with Gasteiger partial charge in [0, 0.05) is 18.0 Å². The zero-order valence-corrected chi connectivity index (χ0v) is 20.3. The molecule has 0 atom stereocenters. The molecule has 0 heterocycles. The Morgan fingerprint density at radius 2 is 1.71 bits per heavy atom. The minimum Gasteiger partial charge on any atom is -0.399 e. The van der Waals surface area contributed by atoms with Crippen molar-refractivity contribution in [3.8, 4) is 11.1 Å². The molecule has 4 nitrogen and oxygen atoms in total. The number of benzene rings is 2. The van der Waals surface area contributed by atoms with Gasteiger partial charge in [-0.05, 0) is 77.6 Å². The molecule has 34 heavy (non-hydrogen) atoms. The van der Waals surface area contributed by atoms with Crippen LogP contribution in [-0.2, 0) is 15.0 Å². The summed E-state index contributed by atoms with van der Waals surface area (Å²) in [6.07, 6.45) is 13.9. The summed E-state index contributed by atoms with van der Waals surface area (Å²) in [5.41, 5.74) is 13.4. The smallest absolute Gasteiger partial charge is 0.331 e. The Morgan fingerprint density at radius 1 is 1.06 bits per heavy atom. The standard InChI is InChI=1S/C30H36N2O2/c1-4-17-30(18-5-2)27-19-23(12-14-25(27)26-15-13-24(31)20-28(26)30)29(32-34-21(3)33)16-11-22-9-7-6-8-10-22/h4-5,12-15,19-20,22H,1-2,6-11,16-18,31H2,3H3/b32-29-. The summed E-state index contributed by atoms with van der Waals surface area (Å²) in [6, 6.07) is 12.7. The van der Waals surface area contributed by atoms with E-state index in [1.807, 2.05) is 18.2 Å². The van der Waals surface area contributed by atoms with Gasteiger partial charge < -0.3 is 10.6 Å². The number of carbonyl (C=O) groups excluding carboxylic acids is 1. The van der Waals surface area contributed by atoms with Crippen LogP contribution in [0.4, 0.5) is 5.69 Å². The molecule has 0 amide bonds. The third-order valence-corrected chi connectivity index (χ3v) is 7.50. The quantitative estimate of drug-likeness (QED) is 0.141. The third-order valence-electron chi connectivity index (χ3n) is 7.50. The molecule has 4 rings (SSSR count). The third kappa shape index (κ3) is 4.72. The number of nitrogen functional groups attached to an aromatic ring is 1. The van der Waals surface area contributed by atoms with Crippen molar-refractivity contribution in [2.75, 3.05) is 5.73 Å². The molecule has 2 N–H and O–H groups in total. The van der Waals surface area contributed by atoms with Crippen LogP contribution in [0.5, 0.6) is 0 Å². The molecule has 178 valence electrons. The van der Waals surface area contributed by atoms with Crippen LogP contribution < -0.4 is 5.73 Å². The van der Waals surface area contributed by atoms with Crippen molar-refractivity contribution in [2.45, 2.75) is 70.1 Å². The van der Waals surface area contributed by atoms with Gasteiger partial charge in [-0.2, -0.15) is 0 Å². The maximum atomic E-state index is 11.6. The molecular formula is C30H36N2O2. The monoisotopic (exact) mass is 456 g/mol. The lowest BCUT2D eigenvalue weighted by Gasteiger charge is -2.30. The molecule has 2 aromatic rings. The predicted octanol–water partition coefficient (Wildman–Crippen LogP) is 7.32. The van der Waals surface area contributed by atoms with Crippen LogP contribution in [0, 0.1) is 5.92 Å². The van der Waals surface area contributed by atoms with E-state index in [1.54, 1.807) is 0 Å². The first-order valence-corrected chi connectivity index (χ1v) is 12.5. The molecule has 0 saturated heterocycles. The fraction of sp³-hybridized carbons (Fsp3) is 0.400. The van der Waals surface area contributed by atoms with Gasteiger partial charge in [0.25, 0.3) is 0 Å². The largest absolute Gasteiger partial charge is 0.399 e. The van der Waals surface area contributed by atoms with Crippen LogP contribution >= 0.6 is 0 Å². The highest BCUT2D eigenvalue weighted by atomic mass is 16.7. The molecule has 0 unspecified atom stereocenters. The number of rotatable bonds is 9. The molecule has 1 saturated carbocycles. The van der Waals surface area contributed by atoms with Crippen molar-refractivity contribution in [3.05, 3.63) is 78.4 Å². The average molecular weight is 457 g/mol. The Kier molecular flexibility index (Phi) is 7.35. The number of oxime groups is 1. The lowest BCUT2D eigenvalue weighted by molar-refractivity contribution is -0.140. The number of anilines is 1. The molecule has 0 aromatic heterocycles. The minimum absolute atomic E-state index is 0.268. The summed E-state index contributed by atoms with van der Waals surface area (Å²) in [4.78, 5) is 16.7. The van der Waals surface area contributed by atoms with E-state index in [1.165, 1.54) is 61.3 Å².